The normalized spacial score (nSPS) is 12.9. The van der Waals surface area contributed by atoms with Gasteiger partial charge >= 0.3 is 5.97 Å². The van der Waals surface area contributed by atoms with Crippen LogP contribution >= 0.6 is 0 Å². The number of nitrogens with zero attached hydrogens (tertiary/aromatic N) is 1. The van der Waals surface area contributed by atoms with E-state index in [0.717, 1.165) is 28.1 Å². The second-order valence-corrected chi connectivity index (χ2v) is 14.0. The minimum absolute atomic E-state index is 0.368. The highest BCUT2D eigenvalue weighted by Crippen LogP contribution is 2.32. The van der Waals surface area contributed by atoms with Crippen LogP contribution in [-0.2, 0) is 16.2 Å². The predicted molar refractivity (Wildman–Crippen MR) is 118 cm³/mol. The average molecular weight is 412 g/mol. The summed E-state index contributed by atoms with van der Waals surface area (Å²) in [6, 6.07) is 16.0. The Kier molecular flexibility index (Phi) is 6.57. The first-order valence-corrected chi connectivity index (χ1v) is 13.5. The largest absolute Gasteiger partial charge is 0.465 e. The smallest absolute Gasteiger partial charge is 0.338 e. The summed E-state index contributed by atoms with van der Waals surface area (Å²) in [4.78, 5) is 12.2. The molecule has 0 fully saturated rings. The first kappa shape index (κ1) is 21.3. The molecule has 0 aliphatic heterocycles. The van der Waals surface area contributed by atoms with Crippen molar-refractivity contribution < 1.29 is 19.4 Å². The topological polar surface area (TPSA) is 60.7 Å². The Morgan fingerprint density at radius 2 is 1.83 bits per heavy atom. The Morgan fingerprint density at radius 3 is 2.48 bits per heavy atom. The molecule has 29 heavy (non-hydrogen) atoms. The van der Waals surface area contributed by atoms with Gasteiger partial charge in [0.2, 0.25) is 0 Å². The van der Waals surface area contributed by atoms with Crippen LogP contribution < -0.4 is 0 Å². The van der Waals surface area contributed by atoms with E-state index in [1.807, 2.05) is 47.2 Å². The number of fused-ring (bicyclic) bond motifs is 1. The maximum atomic E-state index is 12.2. The zero-order chi connectivity index (χ0) is 21.0. The van der Waals surface area contributed by atoms with Crippen LogP contribution in [-0.4, -0.2) is 37.4 Å². The lowest BCUT2D eigenvalue weighted by Gasteiger charge is -2.18. The Hall–Kier alpha value is -2.41. The summed E-state index contributed by atoms with van der Waals surface area (Å²) < 4.78 is 12.8. The maximum Gasteiger partial charge on any atom is 0.338 e. The molecule has 3 rings (SSSR count). The first-order valence-electron chi connectivity index (χ1n) is 9.82. The van der Waals surface area contributed by atoms with Gasteiger partial charge in [0.1, 0.15) is 12.8 Å². The molecule has 3 aromatic rings. The van der Waals surface area contributed by atoms with Gasteiger partial charge in [0, 0.05) is 31.8 Å². The molecule has 6 heteroatoms. The quantitative estimate of drug-likeness (QED) is 0.328. The van der Waals surface area contributed by atoms with Gasteiger partial charge in [-0.3, -0.25) is 0 Å². The van der Waals surface area contributed by atoms with Gasteiger partial charge in [-0.25, -0.2) is 4.79 Å². The van der Waals surface area contributed by atoms with Crippen LogP contribution in [0.3, 0.4) is 0 Å². The molecule has 0 saturated carbocycles. The lowest BCUT2D eigenvalue weighted by Crippen LogP contribution is -2.22. The molecule has 0 aliphatic rings. The lowest BCUT2D eigenvalue weighted by molar-refractivity contribution is 0.0602. The lowest BCUT2D eigenvalue weighted by atomic mass is 9.97. The number of esters is 1. The molecule has 1 atom stereocenters. The van der Waals surface area contributed by atoms with Gasteiger partial charge in [-0.05, 0) is 23.7 Å². The highest BCUT2D eigenvalue weighted by atomic mass is 28.3. The monoisotopic (exact) mass is 411 g/mol. The van der Waals surface area contributed by atoms with Crippen molar-refractivity contribution in [2.75, 3.05) is 13.7 Å². The maximum absolute atomic E-state index is 12.2. The molecular formula is C23H29NO4Si. The zero-order valence-electron chi connectivity index (χ0n) is 17.5. The third-order valence-corrected chi connectivity index (χ3v) is 6.70. The highest BCUT2D eigenvalue weighted by Gasteiger charge is 2.21. The molecule has 2 aromatic carbocycles. The molecule has 0 saturated heterocycles. The number of rotatable bonds is 8. The molecule has 1 unspecified atom stereocenters. The summed E-state index contributed by atoms with van der Waals surface area (Å²) in [5.41, 5.74) is 2.80. The number of carbonyl (C=O) groups is 1. The van der Waals surface area contributed by atoms with Crippen LogP contribution in [0.1, 0.15) is 27.6 Å². The van der Waals surface area contributed by atoms with Gasteiger partial charge < -0.3 is 19.1 Å². The summed E-state index contributed by atoms with van der Waals surface area (Å²) >= 11 is 0. The first-order chi connectivity index (χ1) is 13.8. The summed E-state index contributed by atoms with van der Waals surface area (Å²) in [6.07, 6.45) is 1.09. The standard InChI is InChI=1S/C23H29NO4Si/c1-27-23(26)19-10-11-20(22(25)17-8-6-5-7-9-17)21-18(19)12-13-24(21)16-28-14-15-29(2,3)4/h5-13,22,25H,14-16H2,1-4H3. The number of aromatic nitrogens is 1. The second-order valence-electron chi connectivity index (χ2n) is 8.40. The van der Waals surface area contributed by atoms with Gasteiger partial charge in [0.05, 0.1) is 18.2 Å². The molecule has 0 spiro atoms. The van der Waals surface area contributed by atoms with Crippen molar-refractivity contribution in [2.45, 2.75) is 38.5 Å². The van der Waals surface area contributed by atoms with Crippen LogP contribution in [0.15, 0.2) is 54.7 Å². The SMILES string of the molecule is COC(=O)c1ccc(C(O)c2ccccc2)c2c1ccn2COCC[Si](C)(C)C. The van der Waals surface area contributed by atoms with Crippen molar-refractivity contribution >= 4 is 24.9 Å². The molecule has 154 valence electrons. The number of aliphatic hydroxyl groups excluding tert-OH is 1. The van der Waals surface area contributed by atoms with E-state index >= 15 is 0 Å². The molecule has 0 bridgehead atoms. The molecule has 0 radical (unpaired) electrons. The van der Waals surface area contributed by atoms with E-state index in [-0.39, 0.29) is 0 Å². The van der Waals surface area contributed by atoms with Crippen molar-refractivity contribution in [1.29, 1.82) is 0 Å². The van der Waals surface area contributed by atoms with Crippen molar-refractivity contribution in [3.63, 3.8) is 0 Å². The summed E-state index contributed by atoms with van der Waals surface area (Å²) in [5, 5.41) is 11.8. The van der Waals surface area contributed by atoms with E-state index in [1.165, 1.54) is 7.11 Å². The van der Waals surface area contributed by atoms with E-state index in [1.54, 1.807) is 12.1 Å². The number of hydrogen-bond donors (Lipinski definition) is 1. The van der Waals surface area contributed by atoms with Gasteiger partial charge in [-0.15, -0.1) is 0 Å². The number of methoxy groups -OCH3 is 1. The number of benzene rings is 2. The van der Waals surface area contributed by atoms with Gasteiger partial charge in [-0.1, -0.05) is 56.0 Å². The minimum atomic E-state index is -1.17. The molecule has 0 amide bonds. The number of hydrogen-bond acceptors (Lipinski definition) is 4. The van der Waals surface area contributed by atoms with E-state index < -0.39 is 20.1 Å². The fourth-order valence-electron chi connectivity index (χ4n) is 3.33. The Morgan fingerprint density at radius 1 is 1.10 bits per heavy atom. The predicted octanol–water partition coefficient (Wildman–Crippen LogP) is 4.82. The van der Waals surface area contributed by atoms with Crippen LogP contribution in [0.4, 0.5) is 0 Å². The molecule has 0 aliphatic carbocycles. The third-order valence-electron chi connectivity index (χ3n) is 5.00. The van der Waals surface area contributed by atoms with Gasteiger partial charge in [-0.2, -0.15) is 0 Å². The fraction of sp³-hybridized carbons (Fsp3) is 0.348. The van der Waals surface area contributed by atoms with Crippen LogP contribution in [0.25, 0.3) is 10.9 Å². The van der Waals surface area contributed by atoms with Crippen molar-refractivity contribution in [1.82, 2.24) is 4.57 Å². The van der Waals surface area contributed by atoms with E-state index in [0.29, 0.717) is 18.9 Å². The second kappa shape index (κ2) is 8.94. The van der Waals surface area contributed by atoms with E-state index in [9.17, 15) is 9.90 Å². The Balaban J connectivity index is 1.99. The Labute approximate surface area is 172 Å². The van der Waals surface area contributed by atoms with Crippen molar-refractivity contribution in [3.05, 3.63) is 71.4 Å². The van der Waals surface area contributed by atoms with Gasteiger partial charge in [0.25, 0.3) is 0 Å². The van der Waals surface area contributed by atoms with Crippen LogP contribution in [0.5, 0.6) is 0 Å². The van der Waals surface area contributed by atoms with Crippen molar-refractivity contribution in [3.8, 4) is 0 Å². The Bertz CT molecular complexity index is 976. The number of carbonyl (C=O) groups excluding carboxylic acids is 1. The molecular weight excluding hydrogens is 382 g/mol. The molecule has 1 heterocycles. The summed E-state index contributed by atoms with van der Waals surface area (Å²) in [5.74, 6) is -0.395. The van der Waals surface area contributed by atoms with Crippen LogP contribution in [0.2, 0.25) is 25.7 Å². The van der Waals surface area contributed by atoms with Gasteiger partial charge in [0.15, 0.2) is 0 Å². The minimum Gasteiger partial charge on any atom is -0.465 e. The summed E-state index contributed by atoms with van der Waals surface area (Å²) in [6.45, 7) is 8.02. The number of ether oxygens (including phenoxy) is 2. The zero-order valence-corrected chi connectivity index (χ0v) is 18.5. The highest BCUT2D eigenvalue weighted by molar-refractivity contribution is 6.76. The van der Waals surface area contributed by atoms with E-state index in [2.05, 4.69) is 19.6 Å². The van der Waals surface area contributed by atoms with E-state index in [4.69, 9.17) is 9.47 Å². The summed E-state index contributed by atoms with van der Waals surface area (Å²) in [7, 11) is 0.202. The van der Waals surface area contributed by atoms with Crippen LogP contribution in [0, 0.1) is 0 Å². The number of aliphatic hydroxyl groups is 1. The molecule has 5 nitrogen and oxygen atoms in total. The average Bonchev–Trinajstić information content (AvgIpc) is 3.13. The molecule has 1 aromatic heterocycles. The third kappa shape index (κ3) is 4.96. The van der Waals surface area contributed by atoms with Crippen molar-refractivity contribution in [2.24, 2.45) is 0 Å². The fourth-order valence-corrected chi connectivity index (χ4v) is 4.08. The molecule has 1 N–H and O–H groups in total.